The molecule has 0 aliphatic rings. The third kappa shape index (κ3) is 2.89. The third-order valence-electron chi connectivity index (χ3n) is 2.84. The van der Waals surface area contributed by atoms with E-state index < -0.39 is 0 Å². The maximum Gasteiger partial charge on any atom is 0.0731 e. The van der Waals surface area contributed by atoms with Crippen LogP contribution in [0.1, 0.15) is 18.7 Å². The van der Waals surface area contributed by atoms with Crippen molar-refractivity contribution in [2.75, 3.05) is 19.0 Å². The van der Waals surface area contributed by atoms with Crippen molar-refractivity contribution >= 4 is 5.69 Å². The highest BCUT2D eigenvalue weighted by atomic mass is 16.5. The van der Waals surface area contributed by atoms with Crippen molar-refractivity contribution in [3.63, 3.8) is 0 Å². The standard InChI is InChI=1S/C12H19N5O/c1-10(12-4-5-13-16(12)2)15-11-8-14-17(9-11)6-7-18-3/h4-5,8-10,15H,6-7H2,1-3H3. The molecular weight excluding hydrogens is 230 g/mol. The Kier molecular flexibility index (Phi) is 3.99. The summed E-state index contributed by atoms with van der Waals surface area (Å²) in [6, 6.07) is 2.20. The zero-order valence-electron chi connectivity index (χ0n) is 11.0. The van der Waals surface area contributed by atoms with Gasteiger partial charge in [0.15, 0.2) is 0 Å². The molecule has 6 heteroatoms. The first-order chi connectivity index (χ1) is 8.70. The molecule has 1 atom stereocenters. The third-order valence-corrected chi connectivity index (χ3v) is 2.84. The SMILES string of the molecule is COCCn1cc(NC(C)c2ccnn2C)cn1. The first-order valence-electron chi connectivity index (χ1n) is 5.96. The molecule has 6 nitrogen and oxygen atoms in total. The van der Waals surface area contributed by atoms with Crippen LogP contribution in [-0.2, 0) is 18.3 Å². The number of methoxy groups -OCH3 is 1. The average molecular weight is 249 g/mol. The smallest absolute Gasteiger partial charge is 0.0731 e. The lowest BCUT2D eigenvalue weighted by Gasteiger charge is -2.13. The second kappa shape index (κ2) is 5.68. The van der Waals surface area contributed by atoms with Crippen molar-refractivity contribution in [1.82, 2.24) is 19.6 Å². The molecule has 1 unspecified atom stereocenters. The summed E-state index contributed by atoms with van der Waals surface area (Å²) >= 11 is 0. The first kappa shape index (κ1) is 12.6. The maximum atomic E-state index is 5.02. The van der Waals surface area contributed by atoms with Crippen LogP contribution in [0.2, 0.25) is 0 Å². The van der Waals surface area contributed by atoms with Crippen molar-refractivity contribution in [3.05, 3.63) is 30.4 Å². The van der Waals surface area contributed by atoms with Gasteiger partial charge in [0.25, 0.3) is 0 Å². The summed E-state index contributed by atoms with van der Waals surface area (Å²) in [6.45, 7) is 3.53. The highest BCUT2D eigenvalue weighted by Crippen LogP contribution is 2.17. The molecular formula is C12H19N5O. The van der Waals surface area contributed by atoms with Crippen LogP contribution in [0.4, 0.5) is 5.69 Å². The molecule has 2 aromatic heterocycles. The van der Waals surface area contributed by atoms with Gasteiger partial charge in [0.1, 0.15) is 0 Å². The van der Waals surface area contributed by atoms with Gasteiger partial charge < -0.3 is 10.1 Å². The molecule has 0 fully saturated rings. The molecule has 0 aromatic carbocycles. The summed E-state index contributed by atoms with van der Waals surface area (Å²) < 4.78 is 8.75. The molecule has 0 bridgehead atoms. The van der Waals surface area contributed by atoms with Crippen LogP contribution in [0.25, 0.3) is 0 Å². The highest BCUT2D eigenvalue weighted by molar-refractivity contribution is 5.40. The second-order valence-corrected chi connectivity index (χ2v) is 4.23. The lowest BCUT2D eigenvalue weighted by atomic mass is 10.2. The fraction of sp³-hybridized carbons (Fsp3) is 0.500. The van der Waals surface area contributed by atoms with Gasteiger partial charge in [0.2, 0.25) is 0 Å². The maximum absolute atomic E-state index is 5.02. The molecule has 98 valence electrons. The quantitative estimate of drug-likeness (QED) is 0.841. The summed E-state index contributed by atoms with van der Waals surface area (Å²) in [6.07, 6.45) is 5.60. The van der Waals surface area contributed by atoms with Crippen LogP contribution in [0.5, 0.6) is 0 Å². The van der Waals surface area contributed by atoms with E-state index in [1.807, 2.05) is 34.9 Å². The Bertz CT molecular complexity index is 490. The first-order valence-corrected chi connectivity index (χ1v) is 5.96. The molecule has 2 rings (SSSR count). The molecule has 18 heavy (non-hydrogen) atoms. The van der Waals surface area contributed by atoms with Crippen molar-refractivity contribution in [3.8, 4) is 0 Å². The number of hydrogen-bond acceptors (Lipinski definition) is 4. The number of aromatic nitrogens is 4. The van der Waals surface area contributed by atoms with E-state index >= 15 is 0 Å². The van der Waals surface area contributed by atoms with Crippen LogP contribution in [0.3, 0.4) is 0 Å². The second-order valence-electron chi connectivity index (χ2n) is 4.23. The zero-order chi connectivity index (χ0) is 13.0. The summed E-state index contributed by atoms with van der Waals surface area (Å²) in [5, 5.41) is 11.8. The fourth-order valence-electron chi connectivity index (χ4n) is 1.88. The number of nitrogens with zero attached hydrogens (tertiary/aromatic N) is 4. The van der Waals surface area contributed by atoms with Crippen molar-refractivity contribution in [2.24, 2.45) is 7.05 Å². The lowest BCUT2D eigenvalue weighted by molar-refractivity contribution is 0.183. The Morgan fingerprint density at radius 3 is 2.94 bits per heavy atom. The molecule has 0 amide bonds. The Balaban J connectivity index is 1.97. The lowest BCUT2D eigenvalue weighted by Crippen LogP contribution is -2.11. The number of ether oxygens (including phenoxy) is 1. The molecule has 0 spiro atoms. The normalized spacial score (nSPS) is 12.6. The van der Waals surface area contributed by atoms with Gasteiger partial charge in [0, 0.05) is 26.6 Å². The van der Waals surface area contributed by atoms with E-state index in [0.29, 0.717) is 6.61 Å². The van der Waals surface area contributed by atoms with Crippen LogP contribution >= 0.6 is 0 Å². The van der Waals surface area contributed by atoms with Crippen LogP contribution in [0.15, 0.2) is 24.7 Å². The number of aryl methyl sites for hydroxylation is 1. The molecule has 0 aliphatic carbocycles. The van der Waals surface area contributed by atoms with E-state index in [0.717, 1.165) is 17.9 Å². The van der Waals surface area contributed by atoms with Gasteiger partial charge in [-0.3, -0.25) is 9.36 Å². The summed E-state index contributed by atoms with van der Waals surface area (Å²) in [5.74, 6) is 0. The summed E-state index contributed by atoms with van der Waals surface area (Å²) in [4.78, 5) is 0. The van der Waals surface area contributed by atoms with Crippen LogP contribution < -0.4 is 5.32 Å². The topological polar surface area (TPSA) is 56.9 Å². The molecule has 0 saturated heterocycles. The number of rotatable bonds is 6. The van der Waals surface area contributed by atoms with Crippen molar-refractivity contribution in [1.29, 1.82) is 0 Å². The van der Waals surface area contributed by atoms with Gasteiger partial charge in [0.05, 0.1) is 36.8 Å². The van der Waals surface area contributed by atoms with E-state index in [9.17, 15) is 0 Å². The summed E-state index contributed by atoms with van der Waals surface area (Å²) in [7, 11) is 3.63. The van der Waals surface area contributed by atoms with E-state index in [4.69, 9.17) is 4.74 Å². The summed E-state index contributed by atoms with van der Waals surface area (Å²) in [5.41, 5.74) is 2.14. The van der Waals surface area contributed by atoms with Crippen LogP contribution in [-0.4, -0.2) is 33.3 Å². The monoisotopic (exact) mass is 249 g/mol. The largest absolute Gasteiger partial charge is 0.383 e. The molecule has 0 radical (unpaired) electrons. The molecule has 2 aromatic rings. The van der Waals surface area contributed by atoms with Gasteiger partial charge in [-0.05, 0) is 13.0 Å². The van der Waals surface area contributed by atoms with Gasteiger partial charge in [-0.2, -0.15) is 10.2 Å². The predicted molar refractivity (Wildman–Crippen MR) is 69.3 cm³/mol. The molecule has 2 heterocycles. The minimum Gasteiger partial charge on any atom is -0.383 e. The van der Waals surface area contributed by atoms with Gasteiger partial charge in [-0.15, -0.1) is 0 Å². The Hall–Kier alpha value is -1.82. The Morgan fingerprint density at radius 1 is 1.44 bits per heavy atom. The Morgan fingerprint density at radius 2 is 2.28 bits per heavy atom. The zero-order valence-corrected chi connectivity index (χ0v) is 11.0. The van der Waals surface area contributed by atoms with E-state index in [1.54, 1.807) is 13.3 Å². The average Bonchev–Trinajstić information content (AvgIpc) is 2.95. The fourth-order valence-corrected chi connectivity index (χ4v) is 1.88. The van der Waals surface area contributed by atoms with Gasteiger partial charge in [-0.25, -0.2) is 0 Å². The number of nitrogens with one attached hydrogen (secondary N) is 1. The van der Waals surface area contributed by atoms with Gasteiger partial charge >= 0.3 is 0 Å². The van der Waals surface area contributed by atoms with Crippen LogP contribution in [0, 0.1) is 0 Å². The Labute approximate surface area is 107 Å². The minimum absolute atomic E-state index is 0.192. The van der Waals surface area contributed by atoms with Crippen molar-refractivity contribution in [2.45, 2.75) is 19.5 Å². The van der Waals surface area contributed by atoms with E-state index in [2.05, 4.69) is 22.4 Å². The van der Waals surface area contributed by atoms with Crippen molar-refractivity contribution < 1.29 is 4.74 Å². The molecule has 1 N–H and O–H groups in total. The number of anilines is 1. The predicted octanol–water partition coefficient (Wildman–Crippen LogP) is 1.44. The van der Waals surface area contributed by atoms with Gasteiger partial charge in [-0.1, -0.05) is 0 Å². The van der Waals surface area contributed by atoms with E-state index in [1.165, 1.54) is 0 Å². The van der Waals surface area contributed by atoms with E-state index in [-0.39, 0.29) is 6.04 Å². The molecule has 0 saturated carbocycles. The highest BCUT2D eigenvalue weighted by Gasteiger charge is 2.09. The number of hydrogen-bond donors (Lipinski definition) is 1. The minimum atomic E-state index is 0.192. The molecule has 0 aliphatic heterocycles.